The molecule has 1 aliphatic rings. The van der Waals surface area contributed by atoms with Gasteiger partial charge in [-0.25, -0.2) is 9.78 Å². The fraction of sp³-hybridized carbons (Fsp3) is 0.292. The number of nitrogens with one attached hydrogen (secondary N) is 3. The molecule has 5 rings (SSSR count). The van der Waals surface area contributed by atoms with E-state index in [1.165, 1.54) is 12.0 Å². The lowest BCUT2D eigenvalue weighted by molar-refractivity contribution is 0.128. The van der Waals surface area contributed by atoms with Gasteiger partial charge in [0.1, 0.15) is 11.6 Å². The third-order valence-corrected chi connectivity index (χ3v) is 5.99. The SMILES string of the molecule is COc1cc(Nc2ncc(C)c(Nc3ccc4oc(=O)[nH]c4c3)n2)cc(C(C)N2CCC2)c1. The molecule has 2 aromatic carbocycles. The predicted octanol–water partition coefficient (Wildman–Crippen LogP) is 4.48. The van der Waals surface area contributed by atoms with Crippen LogP contribution < -0.4 is 21.1 Å². The van der Waals surface area contributed by atoms with Crippen LogP contribution >= 0.6 is 0 Å². The van der Waals surface area contributed by atoms with Gasteiger partial charge in [0.05, 0.1) is 12.6 Å². The van der Waals surface area contributed by atoms with Gasteiger partial charge in [-0.1, -0.05) is 0 Å². The van der Waals surface area contributed by atoms with Crippen molar-refractivity contribution in [2.45, 2.75) is 26.3 Å². The van der Waals surface area contributed by atoms with E-state index >= 15 is 0 Å². The average molecular weight is 447 g/mol. The molecule has 2 aromatic heterocycles. The van der Waals surface area contributed by atoms with Gasteiger partial charge < -0.3 is 19.8 Å². The molecule has 33 heavy (non-hydrogen) atoms. The van der Waals surface area contributed by atoms with Crippen LogP contribution in [0.25, 0.3) is 11.1 Å². The number of hydrogen-bond acceptors (Lipinski definition) is 8. The lowest BCUT2D eigenvalue weighted by Gasteiger charge is -2.36. The number of fused-ring (bicyclic) bond motifs is 1. The first-order valence-corrected chi connectivity index (χ1v) is 10.9. The zero-order valence-electron chi connectivity index (χ0n) is 18.8. The van der Waals surface area contributed by atoms with Crippen molar-refractivity contribution < 1.29 is 9.15 Å². The quantitative estimate of drug-likeness (QED) is 0.381. The Labute approximate surface area is 190 Å². The van der Waals surface area contributed by atoms with E-state index in [1.54, 1.807) is 25.4 Å². The number of benzene rings is 2. The van der Waals surface area contributed by atoms with Crippen LogP contribution in [-0.4, -0.2) is 40.1 Å². The molecule has 0 radical (unpaired) electrons. The highest BCUT2D eigenvalue weighted by molar-refractivity contribution is 5.78. The van der Waals surface area contributed by atoms with E-state index in [-0.39, 0.29) is 0 Å². The molecule has 0 saturated carbocycles. The Bertz CT molecular complexity index is 1360. The average Bonchev–Trinajstić information content (AvgIpc) is 3.14. The Morgan fingerprint density at radius 2 is 2.00 bits per heavy atom. The van der Waals surface area contributed by atoms with E-state index in [0.717, 1.165) is 35.8 Å². The fourth-order valence-electron chi connectivity index (χ4n) is 3.92. The molecule has 9 heteroatoms. The van der Waals surface area contributed by atoms with E-state index in [9.17, 15) is 4.79 Å². The van der Waals surface area contributed by atoms with Crippen molar-refractivity contribution in [3.05, 3.63) is 64.3 Å². The number of aryl methyl sites for hydroxylation is 1. The number of aromatic nitrogens is 3. The van der Waals surface area contributed by atoms with Gasteiger partial charge in [-0.3, -0.25) is 9.88 Å². The van der Waals surface area contributed by atoms with Crippen LogP contribution in [0.1, 0.15) is 30.5 Å². The lowest BCUT2D eigenvalue weighted by atomic mass is 10.0. The van der Waals surface area contributed by atoms with Crippen molar-refractivity contribution in [3.8, 4) is 5.75 Å². The van der Waals surface area contributed by atoms with E-state index < -0.39 is 5.76 Å². The molecule has 0 spiro atoms. The van der Waals surface area contributed by atoms with Crippen LogP contribution in [0.5, 0.6) is 5.75 Å². The summed E-state index contributed by atoms with van der Waals surface area (Å²) in [7, 11) is 1.67. The first kappa shape index (κ1) is 21.0. The maximum atomic E-state index is 11.4. The smallest absolute Gasteiger partial charge is 0.417 e. The molecule has 1 aliphatic heterocycles. The molecule has 170 valence electrons. The number of nitrogens with zero attached hydrogens (tertiary/aromatic N) is 3. The Balaban J connectivity index is 1.40. The van der Waals surface area contributed by atoms with Crippen molar-refractivity contribution in [3.63, 3.8) is 0 Å². The monoisotopic (exact) mass is 446 g/mol. The Morgan fingerprint density at radius 1 is 1.15 bits per heavy atom. The summed E-state index contributed by atoms with van der Waals surface area (Å²) >= 11 is 0. The highest BCUT2D eigenvalue weighted by Gasteiger charge is 2.22. The number of hydrogen-bond donors (Lipinski definition) is 3. The van der Waals surface area contributed by atoms with Gasteiger partial charge in [0.15, 0.2) is 5.58 Å². The molecule has 0 bridgehead atoms. The molecule has 1 fully saturated rings. The minimum absolute atomic E-state index is 0.315. The maximum Gasteiger partial charge on any atom is 0.417 e. The molecule has 3 N–H and O–H groups in total. The van der Waals surface area contributed by atoms with Gasteiger partial charge >= 0.3 is 5.76 Å². The van der Waals surface area contributed by atoms with Crippen LogP contribution in [0, 0.1) is 6.92 Å². The van der Waals surface area contributed by atoms with Crippen LogP contribution in [0.2, 0.25) is 0 Å². The van der Waals surface area contributed by atoms with Crippen LogP contribution in [0.3, 0.4) is 0 Å². The van der Waals surface area contributed by atoms with Gasteiger partial charge in [0.25, 0.3) is 0 Å². The maximum absolute atomic E-state index is 11.4. The minimum Gasteiger partial charge on any atom is -0.497 e. The molecular weight excluding hydrogens is 420 g/mol. The molecule has 0 amide bonds. The Hall–Kier alpha value is -3.85. The molecule has 3 heterocycles. The normalized spacial score (nSPS) is 14.6. The summed E-state index contributed by atoms with van der Waals surface area (Å²) in [6, 6.07) is 11.8. The standard InChI is InChI=1S/C24H26N6O3/c1-14-13-25-23(29-22(14)26-17-5-6-21-20(12-17)28-24(31)33-21)27-18-9-16(10-19(11-18)32-3)15(2)30-7-4-8-30/h5-6,9-13,15H,4,7-8H2,1-3H3,(H,28,31)(H2,25,26,27,29). The number of H-pyrrole nitrogens is 1. The number of oxazole rings is 1. The molecule has 0 aliphatic carbocycles. The lowest BCUT2D eigenvalue weighted by Crippen LogP contribution is -2.39. The zero-order valence-corrected chi connectivity index (χ0v) is 18.8. The van der Waals surface area contributed by atoms with Gasteiger partial charge in [-0.05, 0) is 69.3 Å². The van der Waals surface area contributed by atoms with Crippen LogP contribution in [0.4, 0.5) is 23.1 Å². The van der Waals surface area contributed by atoms with Crippen molar-refractivity contribution in [2.75, 3.05) is 30.8 Å². The second-order valence-electron chi connectivity index (χ2n) is 8.26. The second-order valence-corrected chi connectivity index (χ2v) is 8.26. The Kier molecular flexibility index (Phi) is 5.47. The zero-order chi connectivity index (χ0) is 22.9. The van der Waals surface area contributed by atoms with E-state index in [2.05, 4.69) is 49.5 Å². The van der Waals surface area contributed by atoms with Gasteiger partial charge in [-0.15, -0.1) is 0 Å². The summed E-state index contributed by atoms with van der Waals surface area (Å²) in [6.45, 7) is 6.39. The molecule has 4 aromatic rings. The number of aromatic amines is 1. The largest absolute Gasteiger partial charge is 0.497 e. The number of likely N-dealkylation sites (tertiary alicyclic amines) is 1. The van der Waals surface area contributed by atoms with Crippen molar-refractivity contribution in [1.82, 2.24) is 19.9 Å². The molecular formula is C24H26N6O3. The van der Waals surface area contributed by atoms with Gasteiger partial charge in [0.2, 0.25) is 5.95 Å². The third kappa shape index (κ3) is 4.40. The summed E-state index contributed by atoms with van der Waals surface area (Å²) in [5.74, 6) is 1.44. The van der Waals surface area contributed by atoms with E-state index in [0.29, 0.717) is 28.9 Å². The summed E-state index contributed by atoms with van der Waals surface area (Å²) in [4.78, 5) is 25.6. The highest BCUT2D eigenvalue weighted by Crippen LogP contribution is 2.31. The Morgan fingerprint density at radius 3 is 2.76 bits per heavy atom. The van der Waals surface area contributed by atoms with Crippen molar-refractivity contribution in [2.24, 2.45) is 0 Å². The summed E-state index contributed by atoms with van der Waals surface area (Å²) in [5, 5.41) is 6.61. The fourth-order valence-corrected chi connectivity index (χ4v) is 3.92. The summed E-state index contributed by atoms with van der Waals surface area (Å²) in [6.07, 6.45) is 3.01. The van der Waals surface area contributed by atoms with E-state index in [4.69, 9.17) is 9.15 Å². The third-order valence-electron chi connectivity index (χ3n) is 5.99. The summed E-state index contributed by atoms with van der Waals surface area (Å²) in [5.41, 5.74) is 4.84. The first-order chi connectivity index (χ1) is 16.0. The van der Waals surface area contributed by atoms with Crippen LogP contribution in [-0.2, 0) is 0 Å². The minimum atomic E-state index is -0.479. The van der Waals surface area contributed by atoms with Crippen LogP contribution in [0.15, 0.2) is 51.8 Å². The molecule has 1 atom stereocenters. The first-order valence-electron chi connectivity index (χ1n) is 10.9. The number of methoxy groups -OCH3 is 1. The highest BCUT2D eigenvalue weighted by atomic mass is 16.5. The van der Waals surface area contributed by atoms with Gasteiger partial charge in [0, 0.05) is 35.2 Å². The van der Waals surface area contributed by atoms with Gasteiger partial charge in [-0.2, -0.15) is 4.98 Å². The number of anilines is 4. The number of rotatable bonds is 7. The molecule has 1 unspecified atom stereocenters. The summed E-state index contributed by atoms with van der Waals surface area (Å²) < 4.78 is 10.6. The number of ether oxygens (including phenoxy) is 1. The second kappa shape index (κ2) is 8.59. The molecule has 1 saturated heterocycles. The van der Waals surface area contributed by atoms with E-state index in [1.807, 2.05) is 19.1 Å². The topological polar surface area (TPSA) is 108 Å². The van der Waals surface area contributed by atoms with Crippen molar-refractivity contribution in [1.29, 1.82) is 0 Å². The van der Waals surface area contributed by atoms with Crippen molar-refractivity contribution >= 4 is 34.2 Å². The molecule has 9 nitrogen and oxygen atoms in total. The predicted molar refractivity (Wildman–Crippen MR) is 128 cm³/mol.